The Hall–Kier alpha value is -2.22. The molecule has 0 saturated carbocycles. The molecule has 0 fully saturated rings. The number of hydrogen-bond donors (Lipinski definition) is 1. The van der Waals surface area contributed by atoms with Crippen molar-refractivity contribution < 1.29 is 18.0 Å². The molecule has 0 unspecified atom stereocenters. The summed E-state index contributed by atoms with van der Waals surface area (Å²) in [5, 5.41) is 0.572. The third-order valence-electron chi connectivity index (χ3n) is 3.97. The standard InChI is InChI=1S/C19H21ClN2O4S/c1-14(23)15-7-5-8-17(12-15)27(25,26)21-11-10-19(24)22(2)13-16-6-3-4-9-18(16)20/h3-9,12,21H,10-11,13H2,1-2H3. The van der Waals surface area contributed by atoms with E-state index in [0.717, 1.165) is 5.56 Å². The summed E-state index contributed by atoms with van der Waals surface area (Å²) in [4.78, 5) is 25.1. The van der Waals surface area contributed by atoms with Gasteiger partial charge in [-0.25, -0.2) is 13.1 Å². The molecule has 2 aromatic rings. The highest BCUT2D eigenvalue weighted by Gasteiger charge is 2.17. The molecule has 0 heterocycles. The van der Waals surface area contributed by atoms with Crippen molar-refractivity contribution in [2.75, 3.05) is 13.6 Å². The molecule has 0 saturated heterocycles. The Morgan fingerprint density at radius 3 is 2.48 bits per heavy atom. The predicted octanol–water partition coefficient (Wildman–Crippen LogP) is 2.87. The first-order valence-corrected chi connectivity index (χ1v) is 10.1. The fourth-order valence-electron chi connectivity index (χ4n) is 2.42. The topological polar surface area (TPSA) is 83.5 Å². The van der Waals surface area contributed by atoms with Crippen molar-refractivity contribution >= 4 is 33.3 Å². The SMILES string of the molecule is CC(=O)c1cccc(S(=O)(=O)NCCC(=O)N(C)Cc2ccccc2Cl)c1. The van der Waals surface area contributed by atoms with E-state index < -0.39 is 10.0 Å². The quantitative estimate of drug-likeness (QED) is 0.681. The van der Waals surface area contributed by atoms with E-state index in [1.165, 1.54) is 30.0 Å². The van der Waals surface area contributed by atoms with Crippen LogP contribution in [0.2, 0.25) is 5.02 Å². The van der Waals surface area contributed by atoms with Crippen molar-refractivity contribution in [3.8, 4) is 0 Å². The number of rotatable bonds is 8. The highest BCUT2D eigenvalue weighted by atomic mass is 35.5. The third-order valence-corrected chi connectivity index (χ3v) is 5.80. The van der Waals surface area contributed by atoms with Gasteiger partial charge in [0.1, 0.15) is 0 Å². The Kier molecular flexibility index (Phi) is 7.12. The molecule has 0 atom stereocenters. The van der Waals surface area contributed by atoms with Crippen LogP contribution in [0.5, 0.6) is 0 Å². The number of halogens is 1. The molecule has 0 aliphatic rings. The van der Waals surface area contributed by atoms with Gasteiger partial charge in [0, 0.05) is 37.1 Å². The van der Waals surface area contributed by atoms with Crippen LogP contribution in [0, 0.1) is 0 Å². The lowest BCUT2D eigenvalue weighted by molar-refractivity contribution is -0.130. The molecule has 0 bridgehead atoms. The summed E-state index contributed by atoms with van der Waals surface area (Å²) in [6, 6.07) is 13.0. The zero-order chi connectivity index (χ0) is 20.0. The predicted molar refractivity (Wildman–Crippen MR) is 104 cm³/mol. The first-order valence-electron chi connectivity index (χ1n) is 8.29. The van der Waals surface area contributed by atoms with Crippen LogP contribution in [0.25, 0.3) is 0 Å². The molecule has 0 aliphatic carbocycles. The first kappa shape index (κ1) is 21.1. The van der Waals surface area contributed by atoms with Gasteiger partial charge in [0.2, 0.25) is 15.9 Å². The number of amides is 1. The van der Waals surface area contributed by atoms with E-state index in [0.29, 0.717) is 17.1 Å². The van der Waals surface area contributed by atoms with Crippen molar-refractivity contribution in [1.29, 1.82) is 0 Å². The molecule has 0 aliphatic heterocycles. The molecule has 6 nitrogen and oxygen atoms in total. The summed E-state index contributed by atoms with van der Waals surface area (Å²) < 4.78 is 27.0. The minimum Gasteiger partial charge on any atom is -0.341 e. The molecule has 27 heavy (non-hydrogen) atoms. The van der Waals surface area contributed by atoms with Gasteiger partial charge in [0.25, 0.3) is 0 Å². The zero-order valence-electron chi connectivity index (χ0n) is 15.1. The van der Waals surface area contributed by atoms with Gasteiger partial charge < -0.3 is 4.90 Å². The van der Waals surface area contributed by atoms with E-state index in [1.54, 1.807) is 19.2 Å². The Morgan fingerprint density at radius 1 is 1.11 bits per heavy atom. The fraction of sp³-hybridized carbons (Fsp3) is 0.263. The number of hydrogen-bond acceptors (Lipinski definition) is 4. The summed E-state index contributed by atoms with van der Waals surface area (Å²) in [5.41, 5.74) is 1.13. The van der Waals surface area contributed by atoms with E-state index in [2.05, 4.69) is 4.72 Å². The van der Waals surface area contributed by atoms with E-state index >= 15 is 0 Å². The summed E-state index contributed by atoms with van der Waals surface area (Å²) in [6.07, 6.45) is 0.00653. The first-order chi connectivity index (χ1) is 12.7. The maximum absolute atomic E-state index is 12.3. The second-order valence-electron chi connectivity index (χ2n) is 6.07. The minimum absolute atomic E-state index is 0.00653. The number of sulfonamides is 1. The summed E-state index contributed by atoms with van der Waals surface area (Å²) in [7, 11) is -2.16. The zero-order valence-corrected chi connectivity index (χ0v) is 16.7. The maximum Gasteiger partial charge on any atom is 0.240 e. The maximum atomic E-state index is 12.3. The van der Waals surface area contributed by atoms with Crippen LogP contribution < -0.4 is 4.72 Å². The second-order valence-corrected chi connectivity index (χ2v) is 8.25. The number of Topliss-reactive ketones (excluding diaryl/α,β-unsaturated/α-hetero) is 1. The molecular weight excluding hydrogens is 388 g/mol. The number of benzene rings is 2. The molecule has 2 aromatic carbocycles. The number of ketones is 1. The van der Waals surface area contributed by atoms with Crippen LogP contribution >= 0.6 is 11.6 Å². The normalized spacial score (nSPS) is 11.2. The largest absolute Gasteiger partial charge is 0.341 e. The van der Waals surface area contributed by atoms with Crippen LogP contribution in [0.4, 0.5) is 0 Å². The lowest BCUT2D eigenvalue weighted by Gasteiger charge is -2.18. The van der Waals surface area contributed by atoms with Crippen LogP contribution in [0.15, 0.2) is 53.4 Å². The Bertz CT molecular complexity index is 944. The molecule has 1 amide bonds. The van der Waals surface area contributed by atoms with Crippen LogP contribution in [-0.4, -0.2) is 38.6 Å². The average molecular weight is 409 g/mol. The van der Waals surface area contributed by atoms with Crippen LogP contribution in [0.1, 0.15) is 29.3 Å². The molecular formula is C19H21ClN2O4S. The number of carbonyl (C=O) groups excluding carboxylic acids is 2. The summed E-state index contributed by atoms with van der Waals surface area (Å²) in [6.45, 7) is 1.66. The monoisotopic (exact) mass is 408 g/mol. The summed E-state index contributed by atoms with van der Waals surface area (Å²) in [5.74, 6) is -0.432. The van der Waals surface area contributed by atoms with Gasteiger partial charge >= 0.3 is 0 Å². The molecule has 144 valence electrons. The van der Waals surface area contributed by atoms with Gasteiger partial charge in [-0.3, -0.25) is 9.59 Å². The molecule has 8 heteroatoms. The Labute approximate surface area is 164 Å². The van der Waals surface area contributed by atoms with Crippen molar-refractivity contribution in [3.63, 3.8) is 0 Å². The van der Waals surface area contributed by atoms with E-state index in [-0.39, 0.29) is 29.6 Å². The van der Waals surface area contributed by atoms with Gasteiger partial charge in [-0.1, -0.05) is 41.9 Å². The number of nitrogens with zero attached hydrogens (tertiary/aromatic N) is 1. The van der Waals surface area contributed by atoms with Crippen molar-refractivity contribution in [3.05, 3.63) is 64.7 Å². The smallest absolute Gasteiger partial charge is 0.240 e. The highest BCUT2D eigenvalue weighted by molar-refractivity contribution is 7.89. The average Bonchev–Trinajstić information content (AvgIpc) is 2.63. The molecule has 0 radical (unpaired) electrons. The van der Waals surface area contributed by atoms with Crippen LogP contribution in [-0.2, 0) is 21.4 Å². The molecule has 0 spiro atoms. The van der Waals surface area contributed by atoms with Crippen molar-refractivity contribution in [2.24, 2.45) is 0 Å². The highest BCUT2D eigenvalue weighted by Crippen LogP contribution is 2.17. The lowest BCUT2D eigenvalue weighted by Crippen LogP contribution is -2.32. The van der Waals surface area contributed by atoms with Gasteiger partial charge in [0.05, 0.1) is 4.90 Å². The van der Waals surface area contributed by atoms with Crippen LogP contribution in [0.3, 0.4) is 0 Å². The van der Waals surface area contributed by atoms with E-state index in [4.69, 9.17) is 11.6 Å². The second kappa shape index (κ2) is 9.12. The molecule has 0 aromatic heterocycles. The summed E-state index contributed by atoms with van der Waals surface area (Å²) >= 11 is 6.09. The fourth-order valence-corrected chi connectivity index (χ4v) is 3.69. The lowest BCUT2D eigenvalue weighted by atomic mass is 10.2. The molecule has 2 rings (SSSR count). The van der Waals surface area contributed by atoms with Gasteiger partial charge in [0.15, 0.2) is 5.78 Å². The van der Waals surface area contributed by atoms with Crippen molar-refractivity contribution in [1.82, 2.24) is 9.62 Å². The Morgan fingerprint density at radius 2 is 1.81 bits per heavy atom. The van der Waals surface area contributed by atoms with E-state index in [9.17, 15) is 18.0 Å². The van der Waals surface area contributed by atoms with E-state index in [1.807, 2.05) is 18.2 Å². The molecule has 1 N–H and O–H groups in total. The van der Waals surface area contributed by atoms with Crippen molar-refractivity contribution in [2.45, 2.75) is 24.8 Å². The van der Waals surface area contributed by atoms with Gasteiger partial charge in [-0.15, -0.1) is 0 Å². The van der Waals surface area contributed by atoms with Gasteiger partial charge in [-0.2, -0.15) is 0 Å². The third kappa shape index (κ3) is 5.89. The minimum atomic E-state index is -3.80. The number of nitrogens with one attached hydrogen (secondary N) is 1. The van der Waals surface area contributed by atoms with Gasteiger partial charge in [-0.05, 0) is 30.7 Å². The Balaban J connectivity index is 1.92. The number of carbonyl (C=O) groups is 2.